The van der Waals surface area contributed by atoms with E-state index in [0.717, 1.165) is 18.1 Å². The predicted octanol–water partition coefficient (Wildman–Crippen LogP) is 1.90. The SMILES string of the molecule is CC(CN)C(=O)N1CCSCC1c1ccccc1. The lowest BCUT2D eigenvalue weighted by molar-refractivity contribution is -0.136. The van der Waals surface area contributed by atoms with Crippen molar-refractivity contribution in [2.75, 3.05) is 24.6 Å². The van der Waals surface area contributed by atoms with Gasteiger partial charge < -0.3 is 10.6 Å². The standard InChI is InChI=1S/C14H20N2OS/c1-11(9-15)14(17)16-7-8-18-10-13(16)12-5-3-2-4-6-12/h2-6,11,13H,7-10,15H2,1H3. The van der Waals surface area contributed by atoms with Crippen molar-refractivity contribution in [1.29, 1.82) is 0 Å². The van der Waals surface area contributed by atoms with Crippen LogP contribution in [0.2, 0.25) is 0 Å². The predicted molar refractivity (Wildman–Crippen MR) is 76.4 cm³/mol. The van der Waals surface area contributed by atoms with Crippen molar-refractivity contribution in [3.05, 3.63) is 35.9 Å². The lowest BCUT2D eigenvalue weighted by Crippen LogP contribution is -2.44. The molecule has 98 valence electrons. The number of hydrogen-bond donors (Lipinski definition) is 1. The Balaban J connectivity index is 2.19. The Hall–Kier alpha value is -1.00. The fourth-order valence-corrected chi connectivity index (χ4v) is 3.29. The van der Waals surface area contributed by atoms with Gasteiger partial charge in [0.25, 0.3) is 0 Å². The van der Waals surface area contributed by atoms with Crippen LogP contribution in [0.15, 0.2) is 30.3 Å². The maximum Gasteiger partial charge on any atom is 0.227 e. The number of amides is 1. The summed E-state index contributed by atoms with van der Waals surface area (Å²) in [7, 11) is 0. The number of carbonyl (C=O) groups excluding carboxylic acids is 1. The molecule has 1 fully saturated rings. The van der Waals surface area contributed by atoms with E-state index in [2.05, 4.69) is 12.1 Å². The first-order chi connectivity index (χ1) is 8.74. The van der Waals surface area contributed by atoms with Crippen molar-refractivity contribution in [3.63, 3.8) is 0 Å². The summed E-state index contributed by atoms with van der Waals surface area (Å²) in [5.41, 5.74) is 6.84. The summed E-state index contributed by atoms with van der Waals surface area (Å²) in [5, 5.41) is 0. The first-order valence-electron chi connectivity index (χ1n) is 6.37. The largest absolute Gasteiger partial charge is 0.334 e. The summed E-state index contributed by atoms with van der Waals surface area (Å²) in [5.74, 6) is 2.10. The summed E-state index contributed by atoms with van der Waals surface area (Å²) >= 11 is 1.91. The molecule has 3 nitrogen and oxygen atoms in total. The van der Waals surface area contributed by atoms with E-state index >= 15 is 0 Å². The molecule has 2 unspecified atom stereocenters. The van der Waals surface area contributed by atoms with Gasteiger partial charge in [0.1, 0.15) is 0 Å². The Morgan fingerprint density at radius 3 is 2.89 bits per heavy atom. The van der Waals surface area contributed by atoms with Crippen molar-refractivity contribution < 1.29 is 4.79 Å². The molecule has 0 aromatic heterocycles. The van der Waals surface area contributed by atoms with Gasteiger partial charge in [0, 0.05) is 30.5 Å². The molecule has 1 amide bonds. The molecule has 0 aliphatic carbocycles. The molecule has 0 saturated carbocycles. The molecule has 2 N–H and O–H groups in total. The molecule has 1 heterocycles. The van der Waals surface area contributed by atoms with Crippen LogP contribution in [0, 0.1) is 5.92 Å². The maximum absolute atomic E-state index is 12.3. The van der Waals surface area contributed by atoms with Crippen LogP contribution in [0.4, 0.5) is 0 Å². The second kappa shape index (κ2) is 6.25. The van der Waals surface area contributed by atoms with Crippen molar-refractivity contribution in [2.24, 2.45) is 11.7 Å². The second-order valence-corrected chi connectivity index (χ2v) is 5.82. The second-order valence-electron chi connectivity index (χ2n) is 4.67. The molecular weight excluding hydrogens is 244 g/mol. The molecule has 2 rings (SSSR count). The van der Waals surface area contributed by atoms with Crippen LogP contribution in [-0.2, 0) is 4.79 Å². The molecule has 1 saturated heterocycles. The minimum absolute atomic E-state index is 0.0840. The van der Waals surface area contributed by atoms with E-state index in [9.17, 15) is 4.79 Å². The molecule has 1 aromatic rings. The van der Waals surface area contributed by atoms with Gasteiger partial charge in [-0.25, -0.2) is 0 Å². The average molecular weight is 264 g/mol. The van der Waals surface area contributed by atoms with Crippen LogP contribution >= 0.6 is 11.8 Å². The molecule has 4 heteroatoms. The van der Waals surface area contributed by atoms with E-state index in [4.69, 9.17) is 5.73 Å². The third-order valence-electron chi connectivity index (χ3n) is 3.37. The van der Waals surface area contributed by atoms with Gasteiger partial charge in [-0.3, -0.25) is 4.79 Å². The zero-order valence-corrected chi connectivity index (χ0v) is 11.5. The van der Waals surface area contributed by atoms with Crippen molar-refractivity contribution in [3.8, 4) is 0 Å². The van der Waals surface area contributed by atoms with Gasteiger partial charge in [-0.05, 0) is 5.56 Å². The Morgan fingerprint density at radius 2 is 2.22 bits per heavy atom. The third-order valence-corrected chi connectivity index (χ3v) is 4.39. The first-order valence-corrected chi connectivity index (χ1v) is 7.52. The van der Waals surface area contributed by atoms with E-state index in [-0.39, 0.29) is 17.9 Å². The minimum atomic E-state index is -0.0840. The van der Waals surface area contributed by atoms with Crippen LogP contribution < -0.4 is 5.73 Å². The number of rotatable bonds is 3. The Kier molecular flexibility index (Phi) is 4.66. The number of nitrogens with two attached hydrogens (primary N) is 1. The molecule has 2 atom stereocenters. The summed E-state index contributed by atoms with van der Waals surface area (Å²) in [6.07, 6.45) is 0. The monoisotopic (exact) mass is 264 g/mol. The minimum Gasteiger partial charge on any atom is -0.334 e. The van der Waals surface area contributed by atoms with Crippen LogP contribution in [0.25, 0.3) is 0 Å². The first kappa shape index (κ1) is 13.4. The highest BCUT2D eigenvalue weighted by Gasteiger charge is 2.30. The number of nitrogens with zero attached hydrogens (tertiary/aromatic N) is 1. The van der Waals surface area contributed by atoms with E-state index in [1.807, 2.05) is 41.8 Å². The Labute approximate surface area is 113 Å². The van der Waals surface area contributed by atoms with Gasteiger partial charge in [0.05, 0.1) is 6.04 Å². The van der Waals surface area contributed by atoms with Crippen molar-refractivity contribution in [1.82, 2.24) is 4.90 Å². The van der Waals surface area contributed by atoms with Gasteiger partial charge in [-0.15, -0.1) is 0 Å². The number of benzene rings is 1. The summed E-state index contributed by atoms with van der Waals surface area (Å²) in [4.78, 5) is 14.4. The number of hydrogen-bond acceptors (Lipinski definition) is 3. The van der Waals surface area contributed by atoms with E-state index in [1.54, 1.807) is 0 Å². The highest BCUT2D eigenvalue weighted by atomic mass is 32.2. The lowest BCUT2D eigenvalue weighted by Gasteiger charge is -2.37. The van der Waals surface area contributed by atoms with Crippen molar-refractivity contribution in [2.45, 2.75) is 13.0 Å². The Morgan fingerprint density at radius 1 is 1.50 bits per heavy atom. The fraction of sp³-hybridized carbons (Fsp3) is 0.500. The maximum atomic E-state index is 12.3. The van der Waals surface area contributed by atoms with Crippen LogP contribution in [-0.4, -0.2) is 35.4 Å². The molecule has 0 bridgehead atoms. The fourth-order valence-electron chi connectivity index (χ4n) is 2.20. The molecule has 0 radical (unpaired) electrons. The van der Waals surface area contributed by atoms with Crippen LogP contribution in [0.5, 0.6) is 0 Å². The molecule has 0 spiro atoms. The van der Waals surface area contributed by atoms with E-state index in [0.29, 0.717) is 6.54 Å². The zero-order chi connectivity index (χ0) is 13.0. The lowest BCUT2D eigenvalue weighted by atomic mass is 10.0. The highest BCUT2D eigenvalue weighted by Crippen LogP contribution is 2.30. The van der Waals surface area contributed by atoms with Gasteiger partial charge >= 0.3 is 0 Å². The normalized spacial score (nSPS) is 21.7. The van der Waals surface area contributed by atoms with Crippen molar-refractivity contribution >= 4 is 17.7 Å². The summed E-state index contributed by atoms with van der Waals surface area (Å²) in [6, 6.07) is 10.5. The van der Waals surface area contributed by atoms with Gasteiger partial charge in [-0.1, -0.05) is 37.3 Å². The summed E-state index contributed by atoms with van der Waals surface area (Å²) in [6.45, 7) is 3.16. The summed E-state index contributed by atoms with van der Waals surface area (Å²) < 4.78 is 0. The van der Waals surface area contributed by atoms with Gasteiger partial charge in [-0.2, -0.15) is 11.8 Å². The van der Waals surface area contributed by atoms with E-state index in [1.165, 1.54) is 5.56 Å². The van der Waals surface area contributed by atoms with Crippen LogP contribution in [0.3, 0.4) is 0 Å². The smallest absolute Gasteiger partial charge is 0.227 e. The van der Waals surface area contributed by atoms with Crippen LogP contribution in [0.1, 0.15) is 18.5 Å². The number of carbonyl (C=O) groups is 1. The highest BCUT2D eigenvalue weighted by molar-refractivity contribution is 7.99. The quantitative estimate of drug-likeness (QED) is 0.907. The third kappa shape index (κ3) is 2.87. The molecule has 1 aliphatic heterocycles. The zero-order valence-electron chi connectivity index (χ0n) is 10.7. The molecule has 18 heavy (non-hydrogen) atoms. The molecule has 1 aliphatic rings. The number of thioether (sulfide) groups is 1. The molecular formula is C14H20N2OS. The van der Waals surface area contributed by atoms with Gasteiger partial charge in [0.15, 0.2) is 0 Å². The average Bonchev–Trinajstić information content (AvgIpc) is 2.46. The van der Waals surface area contributed by atoms with E-state index < -0.39 is 0 Å². The van der Waals surface area contributed by atoms with Gasteiger partial charge in [0.2, 0.25) is 5.91 Å². The molecule has 1 aromatic carbocycles. The Bertz CT molecular complexity index is 396. The topological polar surface area (TPSA) is 46.3 Å².